The third kappa shape index (κ3) is 4.91. The highest BCUT2D eigenvalue weighted by Gasteiger charge is 2.44. The molecule has 2 unspecified atom stereocenters. The van der Waals surface area contributed by atoms with Gasteiger partial charge in [-0.25, -0.2) is 8.78 Å². The molecule has 0 aliphatic carbocycles. The van der Waals surface area contributed by atoms with Crippen LogP contribution in [0.3, 0.4) is 0 Å². The molecule has 2 aliphatic rings. The van der Waals surface area contributed by atoms with E-state index in [4.69, 9.17) is 0 Å². The SMILES string of the molecule is CCN(CC)C1CCN(C(=O)C2CC(F)(F)CN2)C1.Cl.Cl. The second kappa shape index (κ2) is 8.46. The molecule has 0 saturated carbocycles. The highest BCUT2D eigenvalue weighted by molar-refractivity contribution is 5.85. The van der Waals surface area contributed by atoms with Crippen LogP contribution in [0.1, 0.15) is 26.7 Å². The van der Waals surface area contributed by atoms with Crippen molar-refractivity contribution in [3.05, 3.63) is 0 Å². The van der Waals surface area contributed by atoms with Crippen molar-refractivity contribution >= 4 is 30.7 Å². The number of amides is 1. The van der Waals surface area contributed by atoms with Crippen LogP contribution in [0, 0.1) is 0 Å². The molecule has 0 aromatic carbocycles. The van der Waals surface area contributed by atoms with Crippen molar-refractivity contribution in [2.24, 2.45) is 0 Å². The quantitative estimate of drug-likeness (QED) is 0.841. The molecule has 4 nitrogen and oxygen atoms in total. The number of rotatable bonds is 4. The number of alkyl halides is 2. The van der Waals surface area contributed by atoms with E-state index in [-0.39, 0.29) is 43.7 Å². The Balaban J connectivity index is 0.00000200. The molecule has 126 valence electrons. The lowest BCUT2D eigenvalue weighted by atomic mass is 10.1. The lowest BCUT2D eigenvalue weighted by Gasteiger charge is -2.26. The van der Waals surface area contributed by atoms with Crippen LogP contribution in [-0.4, -0.2) is 66.4 Å². The van der Waals surface area contributed by atoms with Gasteiger partial charge in [0.25, 0.3) is 5.92 Å². The average molecular weight is 348 g/mol. The Morgan fingerprint density at radius 3 is 2.43 bits per heavy atom. The number of likely N-dealkylation sites (N-methyl/N-ethyl adjacent to an activating group) is 1. The van der Waals surface area contributed by atoms with E-state index in [0.29, 0.717) is 19.1 Å². The lowest BCUT2D eigenvalue weighted by Crippen LogP contribution is -2.44. The van der Waals surface area contributed by atoms with Crippen molar-refractivity contribution in [3.63, 3.8) is 0 Å². The molecular formula is C13H25Cl2F2N3O. The Morgan fingerprint density at radius 1 is 1.33 bits per heavy atom. The third-order valence-corrected chi connectivity index (χ3v) is 4.21. The van der Waals surface area contributed by atoms with Gasteiger partial charge in [-0.05, 0) is 19.5 Å². The van der Waals surface area contributed by atoms with Crippen LogP contribution in [-0.2, 0) is 4.79 Å². The van der Waals surface area contributed by atoms with Crippen molar-refractivity contribution in [1.82, 2.24) is 15.1 Å². The molecule has 0 bridgehead atoms. The fourth-order valence-corrected chi connectivity index (χ4v) is 3.09. The summed E-state index contributed by atoms with van der Waals surface area (Å²) in [6, 6.07) is -0.327. The number of likely N-dealkylation sites (tertiary alicyclic amines) is 1. The monoisotopic (exact) mass is 347 g/mol. The van der Waals surface area contributed by atoms with Gasteiger partial charge in [-0.1, -0.05) is 13.8 Å². The van der Waals surface area contributed by atoms with Gasteiger partial charge in [-0.15, -0.1) is 24.8 Å². The molecule has 21 heavy (non-hydrogen) atoms. The Labute approximate surface area is 137 Å². The van der Waals surface area contributed by atoms with Crippen molar-refractivity contribution < 1.29 is 13.6 Å². The Hall–Kier alpha value is -0.170. The topological polar surface area (TPSA) is 35.6 Å². The second-order valence-corrected chi connectivity index (χ2v) is 5.44. The molecule has 2 fully saturated rings. The Morgan fingerprint density at radius 2 is 1.95 bits per heavy atom. The van der Waals surface area contributed by atoms with Crippen molar-refractivity contribution in [2.45, 2.75) is 44.7 Å². The van der Waals surface area contributed by atoms with Gasteiger partial charge in [-0.2, -0.15) is 0 Å². The lowest BCUT2D eigenvalue weighted by molar-refractivity contribution is -0.132. The first kappa shape index (κ1) is 20.8. The van der Waals surface area contributed by atoms with Gasteiger partial charge < -0.3 is 4.90 Å². The predicted octanol–water partition coefficient (Wildman–Crippen LogP) is 1.77. The predicted molar refractivity (Wildman–Crippen MR) is 83.8 cm³/mol. The molecule has 1 amide bonds. The number of hydrogen-bond donors (Lipinski definition) is 1. The van der Waals surface area contributed by atoms with Crippen LogP contribution in [0.15, 0.2) is 0 Å². The summed E-state index contributed by atoms with van der Waals surface area (Å²) in [7, 11) is 0. The minimum Gasteiger partial charge on any atom is -0.340 e. The van der Waals surface area contributed by atoms with Crippen molar-refractivity contribution in [1.29, 1.82) is 0 Å². The maximum Gasteiger partial charge on any atom is 0.262 e. The fraction of sp³-hybridized carbons (Fsp3) is 0.923. The largest absolute Gasteiger partial charge is 0.340 e. The molecule has 2 atom stereocenters. The van der Waals surface area contributed by atoms with Gasteiger partial charge in [0.05, 0.1) is 12.6 Å². The van der Waals surface area contributed by atoms with E-state index in [0.717, 1.165) is 19.5 Å². The van der Waals surface area contributed by atoms with Crippen molar-refractivity contribution in [3.8, 4) is 0 Å². The van der Waals surface area contributed by atoms with E-state index < -0.39 is 12.0 Å². The first-order valence-corrected chi connectivity index (χ1v) is 7.11. The van der Waals surface area contributed by atoms with Gasteiger partial charge in [0.15, 0.2) is 0 Å². The van der Waals surface area contributed by atoms with Crippen LogP contribution in [0.25, 0.3) is 0 Å². The van der Waals surface area contributed by atoms with Crippen LogP contribution in [0.5, 0.6) is 0 Å². The molecule has 0 aromatic heterocycles. The van der Waals surface area contributed by atoms with Crippen LogP contribution >= 0.6 is 24.8 Å². The number of carbonyl (C=O) groups excluding carboxylic acids is 1. The smallest absolute Gasteiger partial charge is 0.262 e. The van der Waals surface area contributed by atoms with Gasteiger partial charge in [0, 0.05) is 25.6 Å². The van der Waals surface area contributed by atoms with Gasteiger partial charge >= 0.3 is 0 Å². The first-order valence-electron chi connectivity index (χ1n) is 7.11. The van der Waals surface area contributed by atoms with Crippen LogP contribution in [0.4, 0.5) is 8.78 Å². The van der Waals surface area contributed by atoms with Gasteiger partial charge in [0.1, 0.15) is 0 Å². The Kier molecular flexibility index (Phi) is 8.39. The number of hydrogen-bond acceptors (Lipinski definition) is 3. The molecular weight excluding hydrogens is 323 g/mol. The summed E-state index contributed by atoms with van der Waals surface area (Å²) >= 11 is 0. The maximum atomic E-state index is 13.1. The summed E-state index contributed by atoms with van der Waals surface area (Å²) in [4.78, 5) is 16.3. The normalized spacial score (nSPS) is 27.4. The number of nitrogens with one attached hydrogen (secondary N) is 1. The molecule has 0 spiro atoms. The summed E-state index contributed by atoms with van der Waals surface area (Å²) in [5.74, 6) is -2.90. The van der Waals surface area contributed by atoms with E-state index in [2.05, 4.69) is 24.1 Å². The number of carbonyl (C=O) groups is 1. The molecule has 2 aliphatic heterocycles. The standard InChI is InChI=1S/C13H23F2N3O.2ClH/c1-3-17(4-2)10-5-6-18(8-10)12(19)11-7-13(14,15)9-16-11;;/h10-11,16H,3-9H2,1-2H3;2*1H. The van der Waals surface area contributed by atoms with E-state index >= 15 is 0 Å². The van der Waals surface area contributed by atoms with E-state index in [9.17, 15) is 13.6 Å². The van der Waals surface area contributed by atoms with Crippen LogP contribution < -0.4 is 5.32 Å². The van der Waals surface area contributed by atoms with Gasteiger partial charge in [0.2, 0.25) is 5.91 Å². The molecule has 0 aromatic rings. The molecule has 0 radical (unpaired) electrons. The molecule has 8 heteroatoms. The minimum absolute atomic E-state index is 0. The van der Waals surface area contributed by atoms with Gasteiger partial charge in [-0.3, -0.25) is 15.0 Å². The summed E-state index contributed by atoms with van der Waals surface area (Å²) < 4.78 is 26.2. The molecule has 2 saturated heterocycles. The van der Waals surface area contributed by atoms with E-state index in [1.54, 1.807) is 4.90 Å². The zero-order valence-corrected chi connectivity index (χ0v) is 14.1. The molecule has 2 heterocycles. The molecule has 1 N–H and O–H groups in total. The van der Waals surface area contributed by atoms with Crippen molar-refractivity contribution in [2.75, 3.05) is 32.7 Å². The second-order valence-electron chi connectivity index (χ2n) is 5.44. The zero-order valence-electron chi connectivity index (χ0n) is 12.5. The maximum absolute atomic E-state index is 13.1. The number of nitrogens with zero attached hydrogens (tertiary/aromatic N) is 2. The highest BCUT2D eigenvalue weighted by Crippen LogP contribution is 2.27. The average Bonchev–Trinajstić information content (AvgIpc) is 2.97. The summed E-state index contributed by atoms with van der Waals surface area (Å²) in [6.07, 6.45) is 0.578. The summed E-state index contributed by atoms with van der Waals surface area (Å²) in [6.45, 7) is 7.11. The fourth-order valence-electron chi connectivity index (χ4n) is 3.09. The minimum atomic E-state index is -2.74. The third-order valence-electron chi connectivity index (χ3n) is 4.21. The summed E-state index contributed by atoms with van der Waals surface area (Å²) in [5.41, 5.74) is 0. The van der Waals surface area contributed by atoms with Crippen LogP contribution in [0.2, 0.25) is 0 Å². The van der Waals surface area contributed by atoms with E-state index in [1.807, 2.05) is 0 Å². The zero-order chi connectivity index (χ0) is 14.0. The first-order chi connectivity index (χ1) is 8.96. The number of halogens is 4. The molecule has 2 rings (SSSR count). The Bertz CT molecular complexity index is 343. The highest BCUT2D eigenvalue weighted by atomic mass is 35.5. The van der Waals surface area contributed by atoms with E-state index in [1.165, 1.54) is 0 Å². The summed E-state index contributed by atoms with van der Waals surface area (Å²) in [5, 5.41) is 2.64.